The minimum Gasteiger partial charge on any atom is -0.454 e. The third-order valence-corrected chi connectivity index (χ3v) is 6.35. The zero-order chi connectivity index (χ0) is 21.8. The van der Waals surface area contributed by atoms with Crippen molar-refractivity contribution in [2.75, 3.05) is 6.79 Å². The van der Waals surface area contributed by atoms with Gasteiger partial charge >= 0.3 is 0 Å². The molecule has 3 aromatic rings. The molecule has 0 aliphatic carbocycles. The number of ether oxygens (including phenoxy) is 2. The number of fused-ring (bicyclic) bond motifs is 4. The predicted molar refractivity (Wildman–Crippen MR) is 125 cm³/mol. The van der Waals surface area contributed by atoms with E-state index in [0.717, 1.165) is 51.5 Å². The monoisotopic (exact) mass is 421 g/mol. The van der Waals surface area contributed by atoms with Gasteiger partial charge in [0.1, 0.15) is 11.4 Å². The van der Waals surface area contributed by atoms with Crippen LogP contribution in [-0.4, -0.2) is 21.6 Å². The molecule has 0 spiro atoms. The van der Waals surface area contributed by atoms with Crippen molar-refractivity contribution in [3.63, 3.8) is 0 Å². The maximum absolute atomic E-state index is 5.67. The molecule has 0 unspecified atom stereocenters. The number of rotatable bonds is 3. The Hall–Kier alpha value is -3.86. The van der Waals surface area contributed by atoms with E-state index in [1.165, 1.54) is 22.3 Å². The fourth-order valence-electron chi connectivity index (χ4n) is 4.35. The number of nitrogens with zero attached hydrogens (tertiary/aromatic N) is 3. The van der Waals surface area contributed by atoms with Crippen molar-refractivity contribution in [1.82, 2.24) is 14.8 Å². The van der Waals surface area contributed by atoms with Crippen LogP contribution < -0.4 is 9.47 Å². The molecule has 3 aliphatic heterocycles. The molecule has 0 fully saturated rings. The summed E-state index contributed by atoms with van der Waals surface area (Å²) in [6.07, 6.45) is 2.17. The highest BCUT2D eigenvalue weighted by molar-refractivity contribution is 5.99. The van der Waals surface area contributed by atoms with E-state index >= 15 is 0 Å². The number of hydrogen-bond acceptors (Lipinski definition) is 4. The molecule has 32 heavy (non-hydrogen) atoms. The Kier molecular flexibility index (Phi) is 4.18. The second-order valence-electron chi connectivity index (χ2n) is 8.58. The van der Waals surface area contributed by atoms with E-state index in [9.17, 15) is 0 Å². The zero-order valence-corrected chi connectivity index (χ0v) is 18.3. The van der Waals surface area contributed by atoms with Crippen LogP contribution in [0.1, 0.15) is 22.3 Å². The average Bonchev–Trinajstić information content (AvgIpc) is 3.42. The standard InChI is InChI=1S/C27H23N3O2/c1-16-4-7-19(8-5-16)13-30-14-22-26(20-9-6-17(2)18(3)10-20)28-29-27(22)21-11-24-25(12-23(21)30)32-15-31-24/h4-12,14H,13,15H2,1-3H3. The van der Waals surface area contributed by atoms with E-state index in [4.69, 9.17) is 9.47 Å². The van der Waals surface area contributed by atoms with Crippen LogP contribution in [0.5, 0.6) is 11.5 Å². The summed E-state index contributed by atoms with van der Waals surface area (Å²) < 4.78 is 13.6. The van der Waals surface area contributed by atoms with Crippen LogP contribution >= 0.6 is 0 Å². The number of aryl methyl sites for hydroxylation is 3. The van der Waals surface area contributed by atoms with Gasteiger partial charge in [0.2, 0.25) is 6.79 Å². The minimum absolute atomic E-state index is 0.243. The van der Waals surface area contributed by atoms with Gasteiger partial charge in [-0.15, -0.1) is 10.2 Å². The Labute approximate surface area is 186 Å². The largest absolute Gasteiger partial charge is 0.454 e. The van der Waals surface area contributed by atoms with Crippen LogP contribution in [0.15, 0.2) is 60.8 Å². The molecule has 5 heteroatoms. The van der Waals surface area contributed by atoms with E-state index in [1.54, 1.807) is 0 Å². The molecule has 5 nitrogen and oxygen atoms in total. The summed E-state index contributed by atoms with van der Waals surface area (Å²) in [5, 5.41) is 10.2. The van der Waals surface area contributed by atoms with Crippen molar-refractivity contribution in [2.24, 2.45) is 0 Å². The summed E-state index contributed by atoms with van der Waals surface area (Å²) in [5.74, 6) is 1.52. The molecule has 0 bridgehead atoms. The van der Waals surface area contributed by atoms with Crippen molar-refractivity contribution in [1.29, 1.82) is 0 Å². The van der Waals surface area contributed by atoms with Crippen molar-refractivity contribution in [3.8, 4) is 34.0 Å². The number of hydrogen-bond donors (Lipinski definition) is 0. The summed E-state index contributed by atoms with van der Waals surface area (Å²) in [6, 6.07) is 19.2. The van der Waals surface area contributed by atoms with Gasteiger partial charge in [0.25, 0.3) is 0 Å². The van der Waals surface area contributed by atoms with Crippen molar-refractivity contribution in [2.45, 2.75) is 27.3 Å². The topological polar surface area (TPSA) is 49.2 Å². The lowest BCUT2D eigenvalue weighted by Crippen LogP contribution is -2.04. The summed E-state index contributed by atoms with van der Waals surface area (Å²) in [5.41, 5.74) is 9.95. The molecule has 0 atom stereocenters. The first-order valence-electron chi connectivity index (χ1n) is 10.8. The van der Waals surface area contributed by atoms with Crippen LogP contribution in [-0.2, 0) is 6.54 Å². The second kappa shape index (κ2) is 7.09. The Morgan fingerprint density at radius 2 is 1.56 bits per heavy atom. The van der Waals surface area contributed by atoms with Crippen LogP contribution in [0.3, 0.4) is 0 Å². The maximum Gasteiger partial charge on any atom is 0.231 e. The fourth-order valence-corrected chi connectivity index (χ4v) is 4.35. The lowest BCUT2D eigenvalue weighted by atomic mass is 9.98. The van der Waals surface area contributed by atoms with Gasteiger partial charge in [-0.25, -0.2) is 0 Å². The fraction of sp³-hybridized carbons (Fsp3) is 0.185. The molecule has 3 heterocycles. The molecule has 0 aromatic heterocycles. The molecule has 158 valence electrons. The van der Waals surface area contributed by atoms with Crippen LogP contribution in [0.25, 0.3) is 33.4 Å². The summed E-state index contributed by atoms with van der Waals surface area (Å²) in [7, 11) is 0. The molecule has 0 saturated carbocycles. The normalized spacial score (nSPS) is 12.7. The van der Waals surface area contributed by atoms with E-state index in [0.29, 0.717) is 0 Å². The first-order chi connectivity index (χ1) is 15.6. The maximum atomic E-state index is 5.67. The van der Waals surface area contributed by atoms with Gasteiger partial charge in [0, 0.05) is 35.3 Å². The lowest BCUT2D eigenvalue weighted by Gasteiger charge is -2.16. The number of pyridine rings is 1. The van der Waals surface area contributed by atoms with Gasteiger partial charge in [-0.2, -0.15) is 0 Å². The van der Waals surface area contributed by atoms with E-state index in [-0.39, 0.29) is 6.79 Å². The SMILES string of the molecule is Cc1ccc(Cn2cc3c(-c4ccc(C)c(C)c4)nnc-3c3cc4c(cc32)OCO4)cc1. The molecule has 0 N–H and O–H groups in total. The van der Waals surface area contributed by atoms with E-state index < -0.39 is 0 Å². The smallest absolute Gasteiger partial charge is 0.231 e. The molecule has 0 amide bonds. The van der Waals surface area contributed by atoms with Crippen LogP contribution in [0.2, 0.25) is 0 Å². The highest BCUT2D eigenvalue weighted by Gasteiger charge is 2.24. The second-order valence-corrected chi connectivity index (χ2v) is 8.58. The highest BCUT2D eigenvalue weighted by Crippen LogP contribution is 2.42. The average molecular weight is 422 g/mol. The summed E-state index contributed by atoms with van der Waals surface area (Å²) >= 11 is 0. The van der Waals surface area contributed by atoms with Crippen molar-refractivity contribution >= 4 is 10.9 Å². The van der Waals surface area contributed by atoms with Gasteiger partial charge in [0.05, 0.1) is 5.52 Å². The Morgan fingerprint density at radius 3 is 2.34 bits per heavy atom. The third kappa shape index (κ3) is 3.01. The Morgan fingerprint density at radius 1 is 0.812 bits per heavy atom. The van der Waals surface area contributed by atoms with Gasteiger partial charge in [-0.05, 0) is 49.6 Å². The summed E-state index contributed by atoms with van der Waals surface area (Å²) in [6.45, 7) is 7.35. The molecular weight excluding hydrogens is 398 g/mol. The van der Waals surface area contributed by atoms with E-state index in [2.05, 4.69) is 90.3 Å². The Bertz CT molecular complexity index is 1450. The molecule has 0 saturated heterocycles. The highest BCUT2D eigenvalue weighted by atomic mass is 16.7. The molecule has 0 radical (unpaired) electrons. The first-order valence-corrected chi connectivity index (χ1v) is 10.8. The molecule has 3 aromatic carbocycles. The summed E-state index contributed by atoms with van der Waals surface area (Å²) in [4.78, 5) is 0. The van der Waals surface area contributed by atoms with Crippen molar-refractivity contribution in [3.05, 3.63) is 83.0 Å². The van der Waals surface area contributed by atoms with Gasteiger partial charge in [-0.1, -0.05) is 42.0 Å². The third-order valence-electron chi connectivity index (χ3n) is 6.35. The molecule has 3 aliphatic rings. The van der Waals surface area contributed by atoms with Crippen LogP contribution in [0, 0.1) is 20.8 Å². The van der Waals surface area contributed by atoms with Crippen LogP contribution in [0.4, 0.5) is 0 Å². The minimum atomic E-state index is 0.243. The quantitative estimate of drug-likeness (QED) is 0.364. The number of benzene rings is 3. The van der Waals surface area contributed by atoms with Crippen molar-refractivity contribution < 1.29 is 9.47 Å². The molecule has 6 rings (SSSR count). The zero-order valence-electron chi connectivity index (χ0n) is 18.3. The lowest BCUT2D eigenvalue weighted by molar-refractivity contribution is 0.174. The first kappa shape index (κ1) is 18.9. The van der Waals surface area contributed by atoms with Gasteiger partial charge < -0.3 is 14.0 Å². The van der Waals surface area contributed by atoms with E-state index in [1.807, 2.05) is 6.07 Å². The predicted octanol–water partition coefficient (Wildman–Crippen LogP) is 5.91. The van der Waals surface area contributed by atoms with Gasteiger partial charge in [-0.3, -0.25) is 0 Å². The van der Waals surface area contributed by atoms with Gasteiger partial charge in [0.15, 0.2) is 11.5 Å². The number of aromatic nitrogens is 3. The Balaban J connectivity index is 1.59. The molecular formula is C27H23N3O2.